The summed E-state index contributed by atoms with van der Waals surface area (Å²) in [5, 5.41) is 14.8. The molecule has 0 bridgehead atoms. The minimum atomic E-state index is -4.67. The molecule has 0 heterocycles. The number of aliphatic carboxylic acids is 2. The van der Waals surface area contributed by atoms with Crippen LogP contribution in [0.2, 0.25) is 0 Å². The number of carboxylic acid groups (broad SMARTS) is 2. The Morgan fingerprint density at radius 2 is 0.929 bits per heavy atom. The molecule has 14 heavy (non-hydrogen) atoms. The molecule has 0 aliphatic rings. The highest BCUT2D eigenvalue weighted by Crippen LogP contribution is 1.59. The van der Waals surface area contributed by atoms with Crippen molar-refractivity contribution in [1.29, 1.82) is 0 Å². The average molecular weight is 254 g/mol. The van der Waals surface area contributed by atoms with Crippen LogP contribution in [0.1, 0.15) is 0 Å². The Labute approximate surface area is 88.5 Å². The van der Waals surface area contributed by atoms with Gasteiger partial charge in [-0.25, -0.2) is 9.59 Å². The lowest BCUT2D eigenvalue weighted by Gasteiger charge is -1.72. The summed E-state index contributed by atoms with van der Waals surface area (Å²) in [5.41, 5.74) is 0. The molecule has 0 atom stereocenters. The first kappa shape index (κ1) is 29.2. The van der Waals surface area contributed by atoms with Crippen LogP contribution in [0.25, 0.3) is 0 Å². The van der Waals surface area contributed by atoms with Crippen molar-refractivity contribution in [1.82, 2.24) is 0 Å². The van der Waals surface area contributed by atoms with Crippen molar-refractivity contribution in [3.8, 4) is 0 Å². The number of carbonyl (C=O) groups is 2. The largest absolute Gasteiger partial charge is 0.473 e. The van der Waals surface area contributed by atoms with Gasteiger partial charge in [0.2, 0.25) is 0 Å². The molecular formula is C2H11AlO10S. The predicted octanol–water partition coefficient (Wildman–Crippen LogP) is -4.33. The summed E-state index contributed by atoms with van der Waals surface area (Å²) in [6.45, 7) is 0. The third-order valence-corrected chi connectivity index (χ3v) is 0.183. The standard InChI is InChI=1S/C2H2O4.Al.H2O4S.2H2O.3H/c3-1(4)2(5)6;;1-5(2,3)4;;;;;/h(H,3,4)(H,5,6);;(H2,1,2,3,4);2*1H2;;;. The Morgan fingerprint density at radius 3 is 0.929 bits per heavy atom. The molecule has 0 aliphatic heterocycles. The summed E-state index contributed by atoms with van der Waals surface area (Å²) in [5.74, 6) is -3.65. The van der Waals surface area contributed by atoms with E-state index in [1.165, 1.54) is 0 Å². The molecule has 0 aromatic carbocycles. The monoisotopic (exact) mass is 254 g/mol. The number of hydrogen-bond donors (Lipinski definition) is 4. The zero-order valence-electron chi connectivity index (χ0n) is 5.83. The van der Waals surface area contributed by atoms with Gasteiger partial charge < -0.3 is 21.2 Å². The van der Waals surface area contributed by atoms with E-state index in [0.29, 0.717) is 0 Å². The number of hydrogen-bond acceptors (Lipinski definition) is 4. The van der Waals surface area contributed by atoms with E-state index in [1.54, 1.807) is 0 Å². The topological polar surface area (TPSA) is 212 Å². The van der Waals surface area contributed by atoms with Crippen LogP contribution in [0, 0.1) is 0 Å². The molecule has 0 spiro atoms. The van der Waals surface area contributed by atoms with Gasteiger partial charge >= 0.3 is 22.3 Å². The van der Waals surface area contributed by atoms with Crippen LogP contribution in [-0.2, 0) is 20.0 Å². The van der Waals surface area contributed by atoms with Gasteiger partial charge in [0, 0.05) is 0 Å². The maximum absolute atomic E-state index is 9.10. The van der Waals surface area contributed by atoms with Gasteiger partial charge in [-0.3, -0.25) is 9.11 Å². The molecular weight excluding hydrogens is 243 g/mol. The van der Waals surface area contributed by atoms with E-state index in [-0.39, 0.29) is 28.3 Å². The smallest absolute Gasteiger partial charge is 0.414 e. The van der Waals surface area contributed by atoms with Gasteiger partial charge in [-0.15, -0.1) is 0 Å². The van der Waals surface area contributed by atoms with Crippen LogP contribution in [-0.4, -0.2) is 68.0 Å². The molecule has 0 saturated heterocycles. The highest BCUT2D eigenvalue weighted by molar-refractivity contribution is 7.79. The fourth-order valence-corrected chi connectivity index (χ4v) is 0. The minimum absolute atomic E-state index is 0. The van der Waals surface area contributed by atoms with Crippen molar-refractivity contribution in [2.75, 3.05) is 0 Å². The average Bonchev–Trinajstić information content (AvgIpc) is 1.59. The normalized spacial score (nSPS) is 7.29. The summed E-state index contributed by atoms with van der Waals surface area (Å²) in [6.07, 6.45) is 0. The molecule has 0 aromatic heterocycles. The molecule has 88 valence electrons. The second-order valence-corrected chi connectivity index (χ2v) is 1.95. The number of rotatable bonds is 0. The maximum Gasteiger partial charge on any atom is 0.414 e. The van der Waals surface area contributed by atoms with Crippen LogP contribution in [0.15, 0.2) is 0 Å². The van der Waals surface area contributed by atoms with Crippen LogP contribution < -0.4 is 0 Å². The molecule has 0 radical (unpaired) electrons. The molecule has 0 aliphatic carbocycles. The second-order valence-electron chi connectivity index (χ2n) is 1.06. The van der Waals surface area contributed by atoms with E-state index in [9.17, 15) is 0 Å². The fraction of sp³-hybridized carbons (Fsp3) is 0. The Kier molecular flexibility index (Phi) is 25.6. The zero-order chi connectivity index (χ0) is 9.65. The van der Waals surface area contributed by atoms with Crippen molar-refractivity contribution in [3.63, 3.8) is 0 Å². The summed E-state index contributed by atoms with van der Waals surface area (Å²) in [7, 11) is -4.67. The molecule has 0 amide bonds. The van der Waals surface area contributed by atoms with Crippen LogP contribution in [0.3, 0.4) is 0 Å². The molecule has 12 heteroatoms. The van der Waals surface area contributed by atoms with Crippen LogP contribution in [0.5, 0.6) is 0 Å². The molecule has 10 nitrogen and oxygen atoms in total. The van der Waals surface area contributed by atoms with Gasteiger partial charge in [-0.2, -0.15) is 8.42 Å². The van der Waals surface area contributed by atoms with Crippen molar-refractivity contribution < 1.29 is 48.3 Å². The fourth-order valence-electron chi connectivity index (χ4n) is 0. The zero-order valence-corrected chi connectivity index (χ0v) is 6.65. The summed E-state index contributed by atoms with van der Waals surface area (Å²) in [6, 6.07) is 0. The van der Waals surface area contributed by atoms with E-state index in [0.717, 1.165) is 0 Å². The number of carboxylic acids is 2. The lowest BCUT2D eigenvalue weighted by Crippen LogP contribution is -2.09. The van der Waals surface area contributed by atoms with Crippen molar-refractivity contribution >= 4 is 39.7 Å². The Bertz CT molecular complexity index is 221. The maximum atomic E-state index is 9.10. The molecule has 8 N–H and O–H groups in total. The highest BCUT2D eigenvalue weighted by atomic mass is 32.3. The highest BCUT2D eigenvalue weighted by Gasteiger charge is 2.04. The van der Waals surface area contributed by atoms with Gasteiger partial charge in [0.1, 0.15) is 0 Å². The lowest BCUT2D eigenvalue weighted by atomic mass is 10.7. The molecule has 0 fully saturated rings. The first-order chi connectivity index (χ1) is 4.64. The Balaban J connectivity index is -0.0000000321. The van der Waals surface area contributed by atoms with Crippen molar-refractivity contribution in [3.05, 3.63) is 0 Å². The SMILES string of the molecule is O.O.O=C(O)C(=O)O.O=S(=O)(O)O.[AlH3]. The van der Waals surface area contributed by atoms with E-state index in [4.69, 9.17) is 37.3 Å². The summed E-state index contributed by atoms with van der Waals surface area (Å²) in [4.78, 5) is 18.2. The van der Waals surface area contributed by atoms with Crippen LogP contribution >= 0.6 is 0 Å². The van der Waals surface area contributed by atoms with Gasteiger partial charge in [0.05, 0.1) is 0 Å². The van der Waals surface area contributed by atoms with Crippen molar-refractivity contribution in [2.24, 2.45) is 0 Å². The van der Waals surface area contributed by atoms with Crippen molar-refractivity contribution in [2.45, 2.75) is 0 Å². The minimum Gasteiger partial charge on any atom is -0.473 e. The Hall–Kier alpha value is -0.738. The summed E-state index contributed by atoms with van der Waals surface area (Å²) < 4.78 is 31.6. The second kappa shape index (κ2) is 12.3. The van der Waals surface area contributed by atoms with E-state index in [1.807, 2.05) is 0 Å². The quantitative estimate of drug-likeness (QED) is 0.188. The lowest BCUT2D eigenvalue weighted by molar-refractivity contribution is -0.159. The summed E-state index contributed by atoms with van der Waals surface area (Å²) >= 11 is 0. The predicted molar refractivity (Wildman–Crippen MR) is 46.6 cm³/mol. The third-order valence-electron chi connectivity index (χ3n) is 0.183. The van der Waals surface area contributed by atoms with Gasteiger partial charge in [-0.1, -0.05) is 0 Å². The Morgan fingerprint density at radius 1 is 0.857 bits per heavy atom. The van der Waals surface area contributed by atoms with Crippen LogP contribution in [0.4, 0.5) is 0 Å². The first-order valence-electron chi connectivity index (χ1n) is 1.80. The van der Waals surface area contributed by atoms with Gasteiger partial charge in [0.15, 0.2) is 17.4 Å². The van der Waals surface area contributed by atoms with E-state index in [2.05, 4.69) is 0 Å². The van der Waals surface area contributed by atoms with E-state index < -0.39 is 22.3 Å². The molecule has 0 saturated carbocycles. The molecule has 0 unspecified atom stereocenters. The third kappa shape index (κ3) is 111. The molecule has 0 aromatic rings. The van der Waals surface area contributed by atoms with Gasteiger partial charge in [-0.05, 0) is 0 Å². The first-order valence-corrected chi connectivity index (χ1v) is 3.20. The van der Waals surface area contributed by atoms with E-state index >= 15 is 0 Å². The molecule has 0 rings (SSSR count). The van der Waals surface area contributed by atoms with Gasteiger partial charge in [0.25, 0.3) is 0 Å².